The second kappa shape index (κ2) is 77.7. The van der Waals surface area contributed by atoms with Gasteiger partial charge in [-0.1, -0.05) is 302 Å². The monoisotopic (exact) mass is 1590 g/mol. The van der Waals surface area contributed by atoms with Crippen LogP contribution in [0.1, 0.15) is 365 Å². The molecule has 0 aromatic heterocycles. The van der Waals surface area contributed by atoms with E-state index < -0.39 is 0 Å². The molecule has 0 aliphatic carbocycles. The minimum Gasteiger partial charge on any atom is -0.317 e. The predicted octanol–water partition coefficient (Wildman–Crippen LogP) is 23.2. The van der Waals surface area contributed by atoms with Crippen molar-refractivity contribution in [3.05, 3.63) is 119 Å². The first-order valence-electron chi connectivity index (χ1n) is 49.6. The summed E-state index contributed by atoms with van der Waals surface area (Å²) < 4.78 is 0. The summed E-state index contributed by atoms with van der Waals surface area (Å²) in [7, 11) is 0. The van der Waals surface area contributed by atoms with Crippen LogP contribution < -0.4 is 63.8 Å². The maximum absolute atomic E-state index is 4.13. The van der Waals surface area contributed by atoms with E-state index in [1.54, 1.807) is 0 Å². The molecule has 660 valence electrons. The summed E-state index contributed by atoms with van der Waals surface area (Å²) in [4.78, 5) is 0. The van der Waals surface area contributed by atoms with E-state index in [0.29, 0.717) is 12.0 Å². The van der Waals surface area contributed by atoms with Crippen molar-refractivity contribution in [1.29, 1.82) is 0 Å². The highest BCUT2D eigenvalue weighted by molar-refractivity contribution is 5.66. The Morgan fingerprint density at radius 1 is 0.217 bits per heavy atom. The van der Waals surface area contributed by atoms with Crippen LogP contribution in [0, 0.1) is 17.8 Å². The van der Waals surface area contributed by atoms with E-state index in [1.165, 1.54) is 359 Å². The summed E-state index contributed by atoms with van der Waals surface area (Å²) in [6.07, 6.45) is 60.0. The van der Waals surface area contributed by atoms with E-state index in [1.807, 2.05) is 0 Å². The van der Waals surface area contributed by atoms with Crippen molar-refractivity contribution < 1.29 is 0 Å². The Bertz CT molecular complexity index is 2700. The van der Waals surface area contributed by atoms with Crippen LogP contribution in [-0.2, 0) is 32.7 Å². The first-order valence-corrected chi connectivity index (χ1v) is 49.6. The molecule has 0 spiro atoms. The zero-order valence-electron chi connectivity index (χ0n) is 76.6. The molecule has 0 aliphatic heterocycles. The van der Waals surface area contributed by atoms with Crippen molar-refractivity contribution >= 4 is 0 Å². The van der Waals surface area contributed by atoms with Gasteiger partial charge in [-0.25, -0.2) is 0 Å². The van der Waals surface area contributed by atoms with Crippen LogP contribution in [0.2, 0.25) is 0 Å². The van der Waals surface area contributed by atoms with Crippen molar-refractivity contribution in [2.75, 3.05) is 118 Å². The van der Waals surface area contributed by atoms with E-state index in [-0.39, 0.29) is 0 Å². The Hall–Kier alpha value is -3.60. The number of rotatable bonds is 87. The van der Waals surface area contributed by atoms with Gasteiger partial charge < -0.3 is 63.8 Å². The summed E-state index contributed by atoms with van der Waals surface area (Å²) in [6, 6.07) is 35.6. The standard InChI is InChI=1S/C103H188N12/c1-8-10-12-41-60-104-71-53-73-106-62-49-50-69-114-89-97-77-98(82-101(79-97)99-56-39-38-40-57-99)90-115-103(59-52-70-107-74-54-72-105-61-42-13-11-9-2)75-93(7)85-110-65-45-34-28-22-16-19-25-31-37-48-68-113-88-96-76-95(87-112-67-47-36-30-24-18-15-21-27-33-44-64-109-84-92(5)6)80-102(81-96)100-58-51-55-94(78-100)86-111-66-46-35-29-23-17-14-20-26-32-43-63-108-83-91(3)4/h38-40,51,55-58,76-82,91-93,103-115H,8-37,41-50,52-54,59-75,83-90H2,1-7H3. The molecular weight excluding hydrogens is 1410 g/mol. The van der Waals surface area contributed by atoms with Gasteiger partial charge in [0.1, 0.15) is 0 Å². The molecule has 0 saturated heterocycles. The van der Waals surface area contributed by atoms with Crippen LogP contribution >= 0.6 is 0 Å². The topological polar surface area (TPSA) is 144 Å². The van der Waals surface area contributed by atoms with Gasteiger partial charge in [-0.05, 0) is 312 Å². The fourth-order valence-electron chi connectivity index (χ4n) is 16.2. The van der Waals surface area contributed by atoms with Crippen LogP contribution in [0.15, 0.2) is 91.0 Å². The van der Waals surface area contributed by atoms with Gasteiger partial charge in [0.2, 0.25) is 0 Å². The molecule has 2 unspecified atom stereocenters. The third-order valence-corrected chi connectivity index (χ3v) is 23.2. The molecule has 0 heterocycles. The average Bonchev–Trinajstić information content (AvgIpc) is 0.839. The maximum atomic E-state index is 4.13. The molecule has 115 heavy (non-hydrogen) atoms. The average molecular weight is 1590 g/mol. The molecule has 0 radical (unpaired) electrons. The molecule has 4 rings (SSSR count). The minimum absolute atomic E-state index is 0.482. The van der Waals surface area contributed by atoms with Crippen LogP contribution in [0.3, 0.4) is 0 Å². The molecule has 0 bridgehead atoms. The van der Waals surface area contributed by atoms with Crippen molar-refractivity contribution in [2.45, 2.75) is 376 Å². The Labute approximate surface area is 712 Å². The van der Waals surface area contributed by atoms with Gasteiger partial charge in [-0.3, -0.25) is 0 Å². The van der Waals surface area contributed by atoms with Gasteiger partial charge >= 0.3 is 0 Å². The van der Waals surface area contributed by atoms with Crippen molar-refractivity contribution in [3.63, 3.8) is 0 Å². The summed E-state index contributed by atoms with van der Waals surface area (Å²) in [5.41, 5.74) is 12.3. The summed E-state index contributed by atoms with van der Waals surface area (Å²) in [5.74, 6) is 2.12. The summed E-state index contributed by atoms with van der Waals surface area (Å²) in [6.45, 7) is 41.1. The van der Waals surface area contributed by atoms with Crippen molar-refractivity contribution in [3.8, 4) is 22.3 Å². The third-order valence-electron chi connectivity index (χ3n) is 23.2. The predicted molar refractivity (Wildman–Crippen MR) is 509 cm³/mol. The molecular formula is C103H188N12. The molecule has 0 saturated carbocycles. The second-order valence-electron chi connectivity index (χ2n) is 36.0. The van der Waals surface area contributed by atoms with Crippen molar-refractivity contribution in [1.82, 2.24) is 63.8 Å². The van der Waals surface area contributed by atoms with Gasteiger partial charge in [0.05, 0.1) is 0 Å². The van der Waals surface area contributed by atoms with Crippen LogP contribution in [-0.4, -0.2) is 124 Å². The Balaban J connectivity index is 1.13. The molecule has 12 heteroatoms. The Morgan fingerprint density at radius 2 is 0.496 bits per heavy atom. The van der Waals surface area contributed by atoms with E-state index in [0.717, 1.165) is 143 Å². The molecule has 0 aliphatic rings. The summed E-state index contributed by atoms with van der Waals surface area (Å²) >= 11 is 0. The number of hydrogen-bond acceptors (Lipinski definition) is 12. The zero-order chi connectivity index (χ0) is 81.7. The first kappa shape index (κ1) is 104. The zero-order valence-corrected chi connectivity index (χ0v) is 76.6. The number of benzene rings is 4. The number of unbranched alkanes of at least 4 members (excludes halogenated alkanes) is 34. The van der Waals surface area contributed by atoms with Crippen LogP contribution in [0.4, 0.5) is 0 Å². The maximum Gasteiger partial charge on any atom is 0.0208 e. The highest BCUT2D eigenvalue weighted by Crippen LogP contribution is 2.27. The Morgan fingerprint density at radius 3 is 0.870 bits per heavy atom. The lowest BCUT2D eigenvalue weighted by Gasteiger charge is -2.24. The largest absolute Gasteiger partial charge is 0.317 e. The van der Waals surface area contributed by atoms with Crippen LogP contribution in [0.5, 0.6) is 0 Å². The lowest BCUT2D eigenvalue weighted by atomic mass is 9.96. The molecule has 4 aromatic rings. The van der Waals surface area contributed by atoms with E-state index in [9.17, 15) is 0 Å². The third kappa shape index (κ3) is 63.1. The van der Waals surface area contributed by atoms with Gasteiger partial charge in [0.25, 0.3) is 0 Å². The molecule has 0 fully saturated rings. The van der Waals surface area contributed by atoms with Gasteiger partial charge in [0.15, 0.2) is 0 Å². The van der Waals surface area contributed by atoms with Crippen molar-refractivity contribution in [2.24, 2.45) is 17.8 Å². The molecule has 2 atom stereocenters. The highest BCUT2D eigenvalue weighted by Gasteiger charge is 2.16. The Kier molecular flexibility index (Phi) is 70.1. The lowest BCUT2D eigenvalue weighted by molar-refractivity contribution is 0.360. The van der Waals surface area contributed by atoms with E-state index in [4.69, 9.17) is 0 Å². The lowest BCUT2D eigenvalue weighted by Crippen LogP contribution is -2.34. The quantitative estimate of drug-likeness (QED) is 0.0191. The van der Waals surface area contributed by atoms with Gasteiger partial charge in [-0.2, -0.15) is 0 Å². The fourth-order valence-corrected chi connectivity index (χ4v) is 16.2. The molecule has 0 amide bonds. The first-order chi connectivity index (χ1) is 56.7. The molecule has 12 nitrogen and oxygen atoms in total. The van der Waals surface area contributed by atoms with Gasteiger partial charge in [-0.15, -0.1) is 0 Å². The number of hydrogen-bond donors (Lipinski definition) is 12. The SMILES string of the molecule is CCCCCCNCCCNCCCCNCc1cc(CNC(CCCNCCCNCCCCCC)CC(C)CNCCCCCCCCCCCCNCc2cc(CNCCCCCCCCCCCCNCC(C)C)cc(-c3cccc(CNCCCCCCCCCCCCNCC(C)C)c3)c2)cc(-c2ccccc2)c1. The molecule has 12 N–H and O–H groups in total. The highest BCUT2D eigenvalue weighted by atomic mass is 14.9. The normalized spacial score (nSPS) is 12.4. The smallest absolute Gasteiger partial charge is 0.0208 e. The molecule has 4 aromatic carbocycles. The van der Waals surface area contributed by atoms with Crippen LogP contribution in [0.25, 0.3) is 22.3 Å². The fraction of sp³-hybridized carbons (Fsp3) is 0.767. The number of nitrogens with one attached hydrogen (secondary N) is 12. The second-order valence-corrected chi connectivity index (χ2v) is 36.0. The van der Waals surface area contributed by atoms with E-state index in [2.05, 4.69) is 203 Å². The van der Waals surface area contributed by atoms with E-state index >= 15 is 0 Å². The van der Waals surface area contributed by atoms with Gasteiger partial charge in [0, 0.05) is 38.8 Å². The summed E-state index contributed by atoms with van der Waals surface area (Å²) in [5, 5.41) is 45.3. The minimum atomic E-state index is 0.482.